The molecule has 0 spiro atoms. The standard InChI is InChI=1S/C19H11F4N3/c20-14-5-3-9-24-18(14)13-4-1-2-6-16(13)26-11-25-15-8-7-12(10-17(15)26)19(21,22)23/h1-11H. The number of aromatic nitrogens is 3. The van der Waals surface area contributed by atoms with E-state index in [0.29, 0.717) is 16.8 Å². The van der Waals surface area contributed by atoms with Crippen molar-refractivity contribution < 1.29 is 17.6 Å². The molecule has 0 saturated heterocycles. The molecule has 4 aromatic rings. The fourth-order valence-corrected chi connectivity index (χ4v) is 2.84. The largest absolute Gasteiger partial charge is 0.416 e. The second-order valence-corrected chi connectivity index (χ2v) is 5.67. The van der Waals surface area contributed by atoms with Crippen molar-refractivity contribution in [3.63, 3.8) is 0 Å². The minimum absolute atomic E-state index is 0.122. The normalized spacial score (nSPS) is 11.8. The molecule has 0 aliphatic heterocycles. The first-order valence-electron chi connectivity index (χ1n) is 7.70. The summed E-state index contributed by atoms with van der Waals surface area (Å²) in [5.74, 6) is -0.514. The number of rotatable bonds is 2. The number of fused-ring (bicyclic) bond motifs is 1. The molecule has 2 aromatic carbocycles. The summed E-state index contributed by atoms with van der Waals surface area (Å²) in [6, 6.07) is 12.9. The molecule has 0 bridgehead atoms. The Kier molecular flexibility index (Phi) is 3.72. The number of imidazole rings is 1. The SMILES string of the molecule is Fc1cccnc1-c1ccccc1-n1cnc2ccc(C(F)(F)F)cc21. The molecule has 4 rings (SSSR count). The van der Waals surface area contributed by atoms with E-state index in [1.807, 2.05) is 0 Å². The Morgan fingerprint density at radius 2 is 1.69 bits per heavy atom. The average molecular weight is 357 g/mol. The molecule has 26 heavy (non-hydrogen) atoms. The van der Waals surface area contributed by atoms with Gasteiger partial charge in [-0.2, -0.15) is 13.2 Å². The Morgan fingerprint density at radius 3 is 2.46 bits per heavy atom. The molecule has 0 N–H and O–H groups in total. The fourth-order valence-electron chi connectivity index (χ4n) is 2.84. The molecule has 0 radical (unpaired) electrons. The highest BCUT2D eigenvalue weighted by molar-refractivity contribution is 5.81. The molecule has 7 heteroatoms. The van der Waals surface area contributed by atoms with Crippen LogP contribution in [0.25, 0.3) is 28.0 Å². The number of halogens is 4. The Hall–Kier alpha value is -3.22. The zero-order valence-corrected chi connectivity index (χ0v) is 13.2. The molecule has 2 aromatic heterocycles. The highest BCUT2D eigenvalue weighted by atomic mass is 19.4. The van der Waals surface area contributed by atoms with E-state index in [2.05, 4.69) is 9.97 Å². The van der Waals surface area contributed by atoms with Gasteiger partial charge in [-0.1, -0.05) is 18.2 Å². The first-order valence-corrected chi connectivity index (χ1v) is 7.70. The predicted octanol–water partition coefficient (Wildman–Crippen LogP) is 5.25. The van der Waals surface area contributed by atoms with Gasteiger partial charge in [0.25, 0.3) is 0 Å². The molecule has 0 unspecified atom stereocenters. The van der Waals surface area contributed by atoms with E-state index < -0.39 is 17.6 Å². The van der Waals surface area contributed by atoms with Crippen molar-refractivity contribution in [2.45, 2.75) is 6.18 Å². The van der Waals surface area contributed by atoms with Gasteiger partial charge in [-0.05, 0) is 36.4 Å². The van der Waals surface area contributed by atoms with Gasteiger partial charge < -0.3 is 0 Å². The monoisotopic (exact) mass is 357 g/mol. The third kappa shape index (κ3) is 2.71. The lowest BCUT2D eigenvalue weighted by atomic mass is 10.1. The summed E-state index contributed by atoms with van der Waals surface area (Å²) < 4.78 is 54.9. The third-order valence-electron chi connectivity index (χ3n) is 4.05. The quantitative estimate of drug-likeness (QED) is 0.459. The molecule has 0 atom stereocenters. The van der Waals surface area contributed by atoms with E-state index in [0.717, 1.165) is 12.1 Å². The molecule has 130 valence electrons. The zero-order valence-electron chi connectivity index (χ0n) is 13.2. The molecular formula is C19H11F4N3. The molecule has 0 aliphatic rings. The molecule has 3 nitrogen and oxygen atoms in total. The number of nitrogens with zero attached hydrogens (tertiary/aromatic N) is 3. The van der Waals surface area contributed by atoms with E-state index in [4.69, 9.17) is 0 Å². The van der Waals surface area contributed by atoms with Crippen LogP contribution in [-0.2, 0) is 6.18 Å². The van der Waals surface area contributed by atoms with Crippen molar-refractivity contribution in [3.05, 3.63) is 78.5 Å². The van der Waals surface area contributed by atoms with Crippen LogP contribution in [-0.4, -0.2) is 14.5 Å². The van der Waals surface area contributed by atoms with Gasteiger partial charge >= 0.3 is 6.18 Å². The summed E-state index contributed by atoms with van der Waals surface area (Å²) in [7, 11) is 0. The van der Waals surface area contributed by atoms with Gasteiger partial charge in [0.1, 0.15) is 17.8 Å². The average Bonchev–Trinajstić information content (AvgIpc) is 3.04. The van der Waals surface area contributed by atoms with Gasteiger partial charge in [0.2, 0.25) is 0 Å². The molecule has 0 amide bonds. The topological polar surface area (TPSA) is 30.7 Å². The lowest BCUT2D eigenvalue weighted by Crippen LogP contribution is -2.05. The van der Waals surface area contributed by atoms with Gasteiger partial charge in [0.05, 0.1) is 22.3 Å². The lowest BCUT2D eigenvalue weighted by Gasteiger charge is -2.12. The van der Waals surface area contributed by atoms with E-state index in [-0.39, 0.29) is 11.2 Å². The Labute approximate surface area is 145 Å². The lowest BCUT2D eigenvalue weighted by molar-refractivity contribution is -0.137. The highest BCUT2D eigenvalue weighted by Gasteiger charge is 2.31. The van der Waals surface area contributed by atoms with Crippen LogP contribution in [0.15, 0.2) is 67.1 Å². The summed E-state index contributed by atoms with van der Waals surface area (Å²) in [4.78, 5) is 8.22. The third-order valence-corrected chi connectivity index (χ3v) is 4.05. The van der Waals surface area contributed by atoms with Crippen molar-refractivity contribution in [2.24, 2.45) is 0 Å². The first-order chi connectivity index (χ1) is 12.4. The molecule has 0 fully saturated rings. The van der Waals surface area contributed by atoms with Crippen molar-refractivity contribution in [3.8, 4) is 16.9 Å². The number of pyridine rings is 1. The minimum Gasteiger partial charge on any atom is -0.298 e. The van der Waals surface area contributed by atoms with Crippen molar-refractivity contribution in [1.29, 1.82) is 0 Å². The van der Waals surface area contributed by atoms with Crippen LogP contribution in [0.3, 0.4) is 0 Å². The van der Waals surface area contributed by atoms with Crippen molar-refractivity contribution in [2.75, 3.05) is 0 Å². The van der Waals surface area contributed by atoms with Crippen LogP contribution in [0, 0.1) is 5.82 Å². The number of benzene rings is 2. The van der Waals surface area contributed by atoms with Crippen LogP contribution in [0.1, 0.15) is 5.56 Å². The molecule has 0 aliphatic carbocycles. The summed E-state index contributed by atoms with van der Waals surface area (Å²) in [6.07, 6.45) is -1.58. The number of hydrogen-bond acceptors (Lipinski definition) is 2. The maximum Gasteiger partial charge on any atom is 0.416 e. The maximum atomic E-state index is 14.2. The number of hydrogen-bond donors (Lipinski definition) is 0. The van der Waals surface area contributed by atoms with E-state index in [9.17, 15) is 17.6 Å². The maximum absolute atomic E-state index is 14.2. The predicted molar refractivity (Wildman–Crippen MR) is 89.3 cm³/mol. The Balaban J connectivity index is 1.96. The van der Waals surface area contributed by atoms with Gasteiger partial charge in [0, 0.05) is 11.8 Å². The molecule has 2 heterocycles. The van der Waals surface area contributed by atoms with Gasteiger partial charge in [0.15, 0.2) is 0 Å². The van der Waals surface area contributed by atoms with Crippen LogP contribution in [0.5, 0.6) is 0 Å². The van der Waals surface area contributed by atoms with Gasteiger partial charge in [-0.15, -0.1) is 0 Å². The van der Waals surface area contributed by atoms with Gasteiger partial charge in [-0.25, -0.2) is 9.37 Å². The van der Waals surface area contributed by atoms with Crippen LogP contribution in [0.2, 0.25) is 0 Å². The van der Waals surface area contributed by atoms with Crippen LogP contribution >= 0.6 is 0 Å². The second-order valence-electron chi connectivity index (χ2n) is 5.67. The van der Waals surface area contributed by atoms with Gasteiger partial charge in [-0.3, -0.25) is 9.55 Å². The van der Waals surface area contributed by atoms with E-state index in [1.54, 1.807) is 24.3 Å². The van der Waals surface area contributed by atoms with Crippen LogP contribution in [0.4, 0.5) is 17.6 Å². The van der Waals surface area contributed by atoms with Crippen LogP contribution < -0.4 is 0 Å². The van der Waals surface area contributed by atoms with E-state index >= 15 is 0 Å². The smallest absolute Gasteiger partial charge is 0.298 e. The number of para-hydroxylation sites is 1. The minimum atomic E-state index is -4.46. The second kappa shape index (κ2) is 5.94. The Bertz CT molecular complexity index is 1100. The Morgan fingerprint density at radius 1 is 0.885 bits per heavy atom. The summed E-state index contributed by atoms with van der Waals surface area (Å²) in [5.41, 5.74) is 0.998. The zero-order chi connectivity index (χ0) is 18.3. The van der Waals surface area contributed by atoms with Crippen molar-refractivity contribution in [1.82, 2.24) is 14.5 Å². The number of alkyl halides is 3. The molecular weight excluding hydrogens is 346 g/mol. The van der Waals surface area contributed by atoms with Crippen molar-refractivity contribution >= 4 is 11.0 Å². The summed E-state index contributed by atoms with van der Waals surface area (Å²) >= 11 is 0. The fraction of sp³-hybridized carbons (Fsp3) is 0.0526. The highest BCUT2D eigenvalue weighted by Crippen LogP contribution is 2.33. The summed E-state index contributed by atoms with van der Waals surface area (Å²) in [5, 5.41) is 0. The molecule has 0 saturated carbocycles. The first kappa shape index (κ1) is 16.3. The summed E-state index contributed by atoms with van der Waals surface area (Å²) in [6.45, 7) is 0. The van der Waals surface area contributed by atoms with E-state index in [1.165, 1.54) is 35.3 Å².